The highest BCUT2D eigenvalue weighted by molar-refractivity contribution is 7.90. The highest BCUT2D eigenvalue weighted by Crippen LogP contribution is 2.36. The number of rotatable bonds is 10. The van der Waals surface area contributed by atoms with E-state index >= 15 is 0 Å². The largest absolute Gasteiger partial charge is 0.494 e. The van der Waals surface area contributed by atoms with Gasteiger partial charge in [-0.2, -0.15) is 0 Å². The van der Waals surface area contributed by atoms with Gasteiger partial charge in [-0.05, 0) is 37.6 Å². The van der Waals surface area contributed by atoms with Gasteiger partial charge in [0.15, 0.2) is 5.82 Å². The van der Waals surface area contributed by atoms with Crippen LogP contribution in [0.3, 0.4) is 0 Å². The molecule has 0 aliphatic rings. The van der Waals surface area contributed by atoms with Crippen molar-refractivity contribution < 1.29 is 27.4 Å². The number of ether oxygens (including phenoxy) is 3. The van der Waals surface area contributed by atoms with E-state index in [1.54, 1.807) is 66.7 Å². The zero-order chi connectivity index (χ0) is 27.3. The summed E-state index contributed by atoms with van der Waals surface area (Å²) in [5.74, 6) is -0.137. The quantitative estimate of drug-likeness (QED) is 0.322. The van der Waals surface area contributed by atoms with Crippen LogP contribution in [0.25, 0.3) is 17.2 Å². The number of aromatic nitrogens is 4. The summed E-state index contributed by atoms with van der Waals surface area (Å²) in [6, 6.07) is 18.7. The van der Waals surface area contributed by atoms with Gasteiger partial charge in [-0.1, -0.05) is 42.5 Å². The number of hydrogen-bond donors (Lipinski definition) is 1. The molecule has 1 unspecified atom stereocenters. The van der Waals surface area contributed by atoms with Crippen molar-refractivity contribution in [2.24, 2.45) is 0 Å². The molecule has 2 aromatic carbocycles. The highest BCUT2D eigenvalue weighted by Gasteiger charge is 2.31. The summed E-state index contributed by atoms with van der Waals surface area (Å²) in [4.78, 5) is 17.9. The molecule has 0 saturated heterocycles. The van der Waals surface area contributed by atoms with Crippen LogP contribution in [-0.2, 0) is 10.0 Å². The molecule has 11 nitrogen and oxygen atoms in total. The van der Waals surface area contributed by atoms with Gasteiger partial charge in [-0.15, -0.1) is 10.2 Å². The van der Waals surface area contributed by atoms with Crippen LogP contribution in [0.5, 0.6) is 17.4 Å². The average Bonchev–Trinajstić information content (AvgIpc) is 3.37. The smallest absolute Gasteiger partial charge is 0.303 e. The Labute approximate surface area is 220 Å². The second-order valence-corrected chi connectivity index (χ2v) is 10.0. The predicted molar refractivity (Wildman–Crippen MR) is 140 cm³/mol. The average molecular weight is 538 g/mol. The number of methoxy groups -OCH3 is 2. The van der Waals surface area contributed by atoms with Crippen molar-refractivity contribution in [2.45, 2.75) is 19.1 Å². The summed E-state index contributed by atoms with van der Waals surface area (Å²) in [5, 5.41) is 7.25. The summed E-state index contributed by atoms with van der Waals surface area (Å²) < 4.78 is 46.4. The number of carbonyl (C=O) groups is 1. The molecule has 198 valence electrons. The number of para-hydroxylation sites is 1. The summed E-state index contributed by atoms with van der Waals surface area (Å²) in [5.41, 5.74) is 1.15. The molecular formula is C26H27N5O6S. The first kappa shape index (κ1) is 26.6. The Balaban J connectivity index is 1.86. The van der Waals surface area contributed by atoms with Crippen molar-refractivity contribution >= 4 is 15.9 Å². The molecule has 12 heteroatoms. The number of nitrogens with zero attached hydrogens (tertiary/aromatic N) is 4. The third-order valence-corrected chi connectivity index (χ3v) is 7.38. The van der Waals surface area contributed by atoms with Gasteiger partial charge in [0.1, 0.15) is 28.1 Å². The number of amides is 1. The van der Waals surface area contributed by atoms with Crippen molar-refractivity contribution in [3.8, 4) is 34.6 Å². The second kappa shape index (κ2) is 11.3. The number of hydrogen-bond acceptors (Lipinski definition) is 9. The maximum Gasteiger partial charge on any atom is 0.303 e. The molecule has 0 spiro atoms. The molecule has 0 saturated carbocycles. The maximum atomic E-state index is 13.5. The first-order valence-corrected chi connectivity index (χ1v) is 13.2. The van der Waals surface area contributed by atoms with Crippen molar-refractivity contribution in [2.75, 3.05) is 20.8 Å². The molecule has 0 bridgehead atoms. The van der Waals surface area contributed by atoms with Gasteiger partial charge < -0.3 is 14.2 Å². The lowest BCUT2D eigenvalue weighted by Crippen LogP contribution is -2.35. The third-order valence-electron chi connectivity index (χ3n) is 5.71. The van der Waals surface area contributed by atoms with E-state index in [0.29, 0.717) is 40.9 Å². The minimum atomic E-state index is -4.14. The molecule has 2 heterocycles. The number of pyridine rings is 1. The van der Waals surface area contributed by atoms with Gasteiger partial charge in [0.2, 0.25) is 21.7 Å². The molecule has 0 fully saturated rings. The second-order valence-electron chi connectivity index (χ2n) is 8.02. The first-order chi connectivity index (χ1) is 18.3. The van der Waals surface area contributed by atoms with Crippen molar-refractivity contribution in [1.82, 2.24) is 24.5 Å². The van der Waals surface area contributed by atoms with E-state index in [4.69, 9.17) is 14.2 Å². The van der Waals surface area contributed by atoms with Gasteiger partial charge in [-0.3, -0.25) is 9.36 Å². The Morgan fingerprint density at radius 2 is 1.61 bits per heavy atom. The van der Waals surface area contributed by atoms with Crippen LogP contribution in [0.2, 0.25) is 0 Å². The zero-order valence-corrected chi connectivity index (χ0v) is 22.1. The van der Waals surface area contributed by atoms with E-state index in [1.165, 1.54) is 25.7 Å². The monoisotopic (exact) mass is 537 g/mol. The lowest BCUT2D eigenvalue weighted by molar-refractivity contribution is 0.0969. The molecule has 4 rings (SSSR count). The molecule has 0 aliphatic heterocycles. The molecular weight excluding hydrogens is 510 g/mol. The number of nitrogens with one attached hydrogen (secondary N) is 1. The first-order valence-electron chi connectivity index (χ1n) is 11.7. The SMILES string of the molecule is CCOc1cccc(-c2nnc(C(=O)NS(=O)(=O)C(C)c3ccccc3)n2-c2c(OC)cccc2OC)n1. The summed E-state index contributed by atoms with van der Waals surface area (Å²) in [6.07, 6.45) is 0. The topological polar surface area (TPSA) is 135 Å². The Bertz CT molecular complexity index is 1520. The minimum absolute atomic E-state index is 0.146. The van der Waals surface area contributed by atoms with Gasteiger partial charge in [0, 0.05) is 6.07 Å². The van der Waals surface area contributed by atoms with Crippen LogP contribution in [0.15, 0.2) is 66.7 Å². The van der Waals surface area contributed by atoms with E-state index in [2.05, 4.69) is 19.9 Å². The highest BCUT2D eigenvalue weighted by atomic mass is 32.2. The van der Waals surface area contributed by atoms with Crippen molar-refractivity contribution in [1.29, 1.82) is 0 Å². The van der Waals surface area contributed by atoms with Gasteiger partial charge in [0.05, 0.1) is 20.8 Å². The van der Waals surface area contributed by atoms with Crippen LogP contribution in [0.4, 0.5) is 0 Å². The van der Waals surface area contributed by atoms with Crippen molar-refractivity contribution in [3.05, 3.63) is 78.1 Å². The number of benzene rings is 2. The van der Waals surface area contributed by atoms with Crippen LogP contribution < -0.4 is 18.9 Å². The fraction of sp³-hybridized carbons (Fsp3) is 0.231. The van der Waals surface area contributed by atoms with Crippen LogP contribution in [0.1, 0.15) is 35.3 Å². The molecule has 1 atom stereocenters. The van der Waals surface area contributed by atoms with Crippen LogP contribution in [-0.4, -0.2) is 54.9 Å². The molecule has 0 radical (unpaired) electrons. The molecule has 2 aromatic heterocycles. The van der Waals surface area contributed by atoms with E-state index in [0.717, 1.165) is 0 Å². The molecule has 0 aliphatic carbocycles. The lowest BCUT2D eigenvalue weighted by atomic mass is 10.2. The Hall–Kier alpha value is -4.45. The molecule has 1 amide bonds. The fourth-order valence-electron chi connectivity index (χ4n) is 3.80. The Morgan fingerprint density at radius 1 is 0.947 bits per heavy atom. The Morgan fingerprint density at radius 3 is 2.24 bits per heavy atom. The number of carbonyl (C=O) groups excluding carboxylic acids is 1. The summed E-state index contributed by atoms with van der Waals surface area (Å²) in [7, 11) is -1.22. The third kappa shape index (κ3) is 5.30. The van der Waals surface area contributed by atoms with Gasteiger partial charge >= 0.3 is 5.91 Å². The van der Waals surface area contributed by atoms with E-state index < -0.39 is 21.2 Å². The van der Waals surface area contributed by atoms with Gasteiger partial charge in [-0.25, -0.2) is 18.1 Å². The van der Waals surface area contributed by atoms with Gasteiger partial charge in [0.25, 0.3) is 0 Å². The predicted octanol–water partition coefficient (Wildman–Crippen LogP) is 3.57. The maximum absolute atomic E-state index is 13.5. The fourth-order valence-corrected chi connectivity index (χ4v) is 4.84. The van der Waals surface area contributed by atoms with Crippen molar-refractivity contribution in [3.63, 3.8) is 0 Å². The normalized spacial score (nSPS) is 12.0. The summed E-state index contributed by atoms with van der Waals surface area (Å²) >= 11 is 0. The van der Waals surface area contributed by atoms with E-state index in [1.807, 2.05) is 6.92 Å². The number of sulfonamides is 1. The van der Waals surface area contributed by atoms with E-state index in [-0.39, 0.29) is 11.6 Å². The lowest BCUT2D eigenvalue weighted by Gasteiger charge is -2.18. The van der Waals surface area contributed by atoms with Crippen LogP contribution in [0, 0.1) is 0 Å². The Kier molecular flexibility index (Phi) is 7.91. The molecule has 38 heavy (non-hydrogen) atoms. The standard InChI is InChI=1S/C26H27N5O6S/c1-5-37-22-16-9-13-19(27-22)24-28-29-25(31(24)23-20(35-3)14-10-15-21(23)36-4)26(32)30-38(33,34)17(2)18-11-7-6-8-12-18/h6-17H,5H2,1-4H3,(H,30,32). The minimum Gasteiger partial charge on any atom is -0.494 e. The van der Waals surface area contributed by atoms with E-state index in [9.17, 15) is 13.2 Å². The molecule has 4 aromatic rings. The van der Waals surface area contributed by atoms with Crippen LogP contribution >= 0.6 is 0 Å². The molecule has 1 N–H and O–H groups in total. The zero-order valence-electron chi connectivity index (χ0n) is 21.3. The summed E-state index contributed by atoms with van der Waals surface area (Å²) in [6.45, 7) is 3.72.